The third-order valence-electron chi connectivity index (χ3n) is 1.97. The van der Waals surface area contributed by atoms with E-state index in [2.05, 4.69) is 15.9 Å². The van der Waals surface area contributed by atoms with Gasteiger partial charge in [-0.15, -0.1) is 11.8 Å². The maximum atomic E-state index is 9.59. The fourth-order valence-corrected chi connectivity index (χ4v) is 2.21. The van der Waals surface area contributed by atoms with E-state index in [1.807, 2.05) is 20.8 Å². The van der Waals surface area contributed by atoms with Gasteiger partial charge >= 0.3 is 0 Å². The summed E-state index contributed by atoms with van der Waals surface area (Å²) in [7, 11) is 0. The first kappa shape index (κ1) is 14.5. The lowest BCUT2D eigenvalue weighted by Crippen LogP contribution is -2.22. The number of hydrogen-bond acceptors (Lipinski definition) is 4. The molecule has 0 amide bonds. The van der Waals surface area contributed by atoms with Crippen LogP contribution in [-0.4, -0.2) is 23.9 Å². The number of rotatable bonds is 6. The second-order valence-corrected chi connectivity index (χ2v) is 5.25. The van der Waals surface area contributed by atoms with Crippen LogP contribution in [0.5, 0.6) is 0 Å². The lowest BCUT2D eigenvalue weighted by atomic mass is 10.0. The molecule has 0 saturated carbocycles. The van der Waals surface area contributed by atoms with Crippen molar-refractivity contribution in [1.29, 1.82) is 0 Å². The van der Waals surface area contributed by atoms with E-state index < -0.39 is 6.29 Å². The SMILES string of the molecule is CCOC(O)C(C)/C(C)=C(/Br)SCN. The molecule has 2 atom stereocenters. The van der Waals surface area contributed by atoms with Crippen molar-refractivity contribution in [2.45, 2.75) is 27.1 Å². The van der Waals surface area contributed by atoms with Crippen molar-refractivity contribution in [2.75, 3.05) is 12.5 Å². The predicted molar refractivity (Wildman–Crippen MR) is 65.1 cm³/mol. The van der Waals surface area contributed by atoms with Gasteiger partial charge < -0.3 is 15.6 Å². The molecule has 0 aliphatic carbocycles. The van der Waals surface area contributed by atoms with Crippen LogP contribution < -0.4 is 5.73 Å². The van der Waals surface area contributed by atoms with Crippen molar-refractivity contribution in [2.24, 2.45) is 11.7 Å². The Bertz CT molecular complexity index is 199. The molecule has 0 aromatic rings. The van der Waals surface area contributed by atoms with Crippen molar-refractivity contribution in [3.05, 3.63) is 9.39 Å². The predicted octanol–water partition coefficient (Wildman–Crippen LogP) is 2.25. The molecule has 0 rings (SSSR count). The van der Waals surface area contributed by atoms with Gasteiger partial charge in [0.15, 0.2) is 6.29 Å². The molecule has 0 fully saturated rings. The summed E-state index contributed by atoms with van der Waals surface area (Å²) in [6.45, 7) is 6.26. The van der Waals surface area contributed by atoms with Gasteiger partial charge in [0.25, 0.3) is 0 Å². The lowest BCUT2D eigenvalue weighted by molar-refractivity contribution is -0.117. The minimum absolute atomic E-state index is 0.0247. The Morgan fingerprint density at radius 1 is 1.64 bits per heavy atom. The second kappa shape index (κ2) is 7.70. The minimum atomic E-state index is -0.745. The molecule has 2 unspecified atom stereocenters. The molecule has 0 spiro atoms. The van der Waals surface area contributed by atoms with E-state index in [-0.39, 0.29) is 5.92 Å². The standard InChI is InChI=1S/C9H18BrNO2S/c1-4-13-9(12)7(3)6(2)8(10)14-5-11/h7,9,12H,4-5,11H2,1-3H3/b8-6-. The summed E-state index contributed by atoms with van der Waals surface area (Å²) in [5.74, 6) is 0.499. The first-order valence-corrected chi connectivity index (χ1v) is 6.31. The van der Waals surface area contributed by atoms with Gasteiger partial charge in [0.2, 0.25) is 0 Å². The summed E-state index contributed by atoms with van der Waals surface area (Å²) in [5.41, 5.74) is 6.46. The average molecular weight is 284 g/mol. The maximum absolute atomic E-state index is 9.59. The van der Waals surface area contributed by atoms with Gasteiger partial charge in [0.05, 0.1) is 3.81 Å². The van der Waals surface area contributed by atoms with E-state index in [1.54, 1.807) is 0 Å². The van der Waals surface area contributed by atoms with Crippen molar-refractivity contribution in [1.82, 2.24) is 0 Å². The highest BCUT2D eigenvalue weighted by atomic mass is 79.9. The van der Waals surface area contributed by atoms with Crippen molar-refractivity contribution in [3.8, 4) is 0 Å². The average Bonchev–Trinajstić information content (AvgIpc) is 2.16. The fraction of sp³-hybridized carbons (Fsp3) is 0.778. The Morgan fingerprint density at radius 2 is 2.21 bits per heavy atom. The lowest BCUT2D eigenvalue weighted by Gasteiger charge is -2.20. The van der Waals surface area contributed by atoms with E-state index in [0.29, 0.717) is 12.5 Å². The number of aliphatic hydroxyl groups excluding tert-OH is 1. The fourth-order valence-electron chi connectivity index (χ4n) is 0.895. The molecule has 0 aromatic carbocycles. The van der Waals surface area contributed by atoms with E-state index in [0.717, 1.165) is 9.39 Å². The normalized spacial score (nSPS) is 17.6. The van der Waals surface area contributed by atoms with Crippen LogP contribution in [0.25, 0.3) is 0 Å². The zero-order chi connectivity index (χ0) is 11.1. The van der Waals surface area contributed by atoms with Gasteiger partial charge in [0, 0.05) is 18.4 Å². The molecule has 0 radical (unpaired) electrons. The van der Waals surface area contributed by atoms with Crippen LogP contribution in [0.15, 0.2) is 9.39 Å². The maximum Gasteiger partial charge on any atom is 0.160 e. The zero-order valence-electron chi connectivity index (χ0n) is 8.79. The van der Waals surface area contributed by atoms with Crippen LogP contribution in [0, 0.1) is 5.92 Å². The van der Waals surface area contributed by atoms with E-state index in [1.165, 1.54) is 11.8 Å². The Hall–Kier alpha value is 0.450. The van der Waals surface area contributed by atoms with Crippen molar-refractivity contribution < 1.29 is 9.84 Å². The summed E-state index contributed by atoms with van der Waals surface area (Å²) in [6.07, 6.45) is -0.745. The monoisotopic (exact) mass is 283 g/mol. The molecule has 0 bridgehead atoms. The number of hydrogen-bond donors (Lipinski definition) is 2. The van der Waals surface area contributed by atoms with E-state index >= 15 is 0 Å². The Kier molecular flexibility index (Phi) is 7.95. The molecule has 0 saturated heterocycles. The second-order valence-electron chi connectivity index (χ2n) is 2.90. The zero-order valence-corrected chi connectivity index (χ0v) is 11.2. The largest absolute Gasteiger partial charge is 0.367 e. The number of thioether (sulfide) groups is 1. The first-order valence-electron chi connectivity index (χ1n) is 4.53. The number of aliphatic hydroxyl groups is 1. The van der Waals surface area contributed by atoms with Gasteiger partial charge in [0.1, 0.15) is 0 Å². The van der Waals surface area contributed by atoms with Crippen LogP contribution in [-0.2, 0) is 4.74 Å². The topological polar surface area (TPSA) is 55.5 Å². The van der Waals surface area contributed by atoms with Crippen LogP contribution in [0.2, 0.25) is 0 Å². The van der Waals surface area contributed by atoms with Gasteiger partial charge in [-0.25, -0.2) is 0 Å². The third kappa shape index (κ3) is 4.79. The smallest absolute Gasteiger partial charge is 0.160 e. The molecule has 84 valence electrons. The van der Waals surface area contributed by atoms with Crippen LogP contribution in [0.1, 0.15) is 20.8 Å². The molecular formula is C9H18BrNO2S. The molecular weight excluding hydrogens is 266 g/mol. The minimum Gasteiger partial charge on any atom is -0.367 e. The molecule has 0 heterocycles. The van der Waals surface area contributed by atoms with Gasteiger partial charge in [-0.05, 0) is 35.4 Å². The summed E-state index contributed by atoms with van der Waals surface area (Å²) < 4.78 is 6.09. The first-order chi connectivity index (χ1) is 6.54. The van der Waals surface area contributed by atoms with E-state index in [9.17, 15) is 5.11 Å². The Morgan fingerprint density at radius 3 is 2.64 bits per heavy atom. The third-order valence-corrected chi connectivity index (χ3v) is 4.02. The van der Waals surface area contributed by atoms with Crippen molar-refractivity contribution in [3.63, 3.8) is 0 Å². The number of halogens is 1. The van der Waals surface area contributed by atoms with E-state index in [4.69, 9.17) is 10.5 Å². The molecule has 3 N–H and O–H groups in total. The molecule has 14 heavy (non-hydrogen) atoms. The summed E-state index contributed by atoms with van der Waals surface area (Å²) in [5, 5.41) is 9.59. The van der Waals surface area contributed by atoms with Crippen LogP contribution in [0.4, 0.5) is 0 Å². The van der Waals surface area contributed by atoms with Crippen LogP contribution in [0.3, 0.4) is 0 Å². The molecule has 0 aliphatic heterocycles. The molecule has 5 heteroatoms. The molecule has 0 aromatic heterocycles. The Labute approximate surface area is 98.2 Å². The summed E-state index contributed by atoms with van der Waals surface area (Å²) >= 11 is 4.93. The number of nitrogens with two attached hydrogens (primary N) is 1. The molecule has 0 aliphatic rings. The quantitative estimate of drug-likeness (QED) is 0.735. The van der Waals surface area contributed by atoms with Gasteiger partial charge in [-0.2, -0.15) is 0 Å². The Balaban J connectivity index is 4.34. The van der Waals surface area contributed by atoms with Crippen molar-refractivity contribution >= 4 is 27.7 Å². The van der Waals surface area contributed by atoms with Gasteiger partial charge in [-0.1, -0.05) is 6.92 Å². The number of ether oxygens (including phenoxy) is 1. The molecule has 3 nitrogen and oxygen atoms in total. The highest BCUT2D eigenvalue weighted by Gasteiger charge is 2.17. The van der Waals surface area contributed by atoms with Crippen LogP contribution >= 0.6 is 27.7 Å². The highest BCUT2D eigenvalue weighted by molar-refractivity contribution is 9.14. The van der Waals surface area contributed by atoms with Gasteiger partial charge in [-0.3, -0.25) is 0 Å². The summed E-state index contributed by atoms with van der Waals surface area (Å²) in [6, 6.07) is 0. The highest BCUT2D eigenvalue weighted by Crippen LogP contribution is 2.30. The summed E-state index contributed by atoms with van der Waals surface area (Å²) in [4.78, 5) is 0.